The van der Waals surface area contributed by atoms with Gasteiger partial charge in [0.25, 0.3) is 16.1 Å². The maximum atomic E-state index is 13.8. The molecule has 0 aliphatic carbocycles. The quantitative estimate of drug-likeness (QED) is 0.794. The third kappa shape index (κ3) is 4.22. The van der Waals surface area contributed by atoms with E-state index in [4.69, 9.17) is 11.6 Å². The second-order valence-electron chi connectivity index (χ2n) is 5.74. The van der Waals surface area contributed by atoms with Crippen LogP contribution in [0.5, 0.6) is 0 Å². The van der Waals surface area contributed by atoms with E-state index < -0.39 is 34.1 Å². The molecule has 2 rings (SSSR count). The summed E-state index contributed by atoms with van der Waals surface area (Å²) in [5, 5.41) is 10.4. The van der Waals surface area contributed by atoms with Crippen LogP contribution in [0.1, 0.15) is 16.8 Å². The topological polar surface area (TPSA) is 90.0 Å². The number of β-amino-alcohol motifs (C(OH)–C–C–N with tert-alkyl or cyclic N) is 1. The minimum absolute atomic E-state index is 0.106. The monoisotopic (exact) mass is 379 g/mol. The van der Waals surface area contributed by atoms with Gasteiger partial charge in [-0.05, 0) is 24.6 Å². The second kappa shape index (κ2) is 7.32. The van der Waals surface area contributed by atoms with Crippen molar-refractivity contribution in [1.29, 1.82) is 0 Å². The summed E-state index contributed by atoms with van der Waals surface area (Å²) in [7, 11) is -0.950. The largest absolute Gasteiger partial charge is 0.390 e. The van der Waals surface area contributed by atoms with Crippen LogP contribution < -0.4 is 4.72 Å². The van der Waals surface area contributed by atoms with E-state index in [1.165, 1.54) is 31.1 Å². The van der Waals surface area contributed by atoms with Gasteiger partial charge in [-0.25, -0.2) is 4.39 Å². The molecule has 0 spiro atoms. The van der Waals surface area contributed by atoms with E-state index in [2.05, 4.69) is 4.72 Å². The Morgan fingerprint density at radius 1 is 1.46 bits per heavy atom. The number of aliphatic hydroxyl groups is 1. The van der Waals surface area contributed by atoms with Crippen molar-refractivity contribution >= 4 is 27.7 Å². The summed E-state index contributed by atoms with van der Waals surface area (Å²) in [6.07, 6.45) is -0.887. The standard InChI is InChI=1S/C14H19ClFN3O4S/c1-18(2)24(22,23)17-12-5-6-19(8-13(12)20)14(21)10-7-9(15)3-4-11(10)16/h3-4,7,12-13,17,20H,5-6,8H2,1-2H3/t12-,13-/m1/s1. The van der Waals surface area contributed by atoms with E-state index in [9.17, 15) is 22.7 Å². The van der Waals surface area contributed by atoms with Crippen LogP contribution in [0.2, 0.25) is 5.02 Å². The number of benzene rings is 1. The number of likely N-dealkylation sites (tertiary alicyclic amines) is 1. The van der Waals surface area contributed by atoms with Crippen LogP contribution in [0.3, 0.4) is 0 Å². The lowest BCUT2D eigenvalue weighted by molar-refractivity contribution is 0.0361. The molecule has 0 bridgehead atoms. The van der Waals surface area contributed by atoms with Gasteiger partial charge in [0.15, 0.2) is 0 Å². The molecule has 2 atom stereocenters. The number of hydrogen-bond donors (Lipinski definition) is 2. The number of carbonyl (C=O) groups is 1. The fraction of sp³-hybridized carbons (Fsp3) is 0.500. The molecule has 1 aliphatic heterocycles. The van der Waals surface area contributed by atoms with E-state index in [1.54, 1.807) is 0 Å². The Bertz CT molecular complexity index is 729. The van der Waals surface area contributed by atoms with E-state index in [-0.39, 0.29) is 30.1 Å². The lowest BCUT2D eigenvalue weighted by atomic mass is 10.0. The molecule has 10 heteroatoms. The van der Waals surface area contributed by atoms with Crippen LogP contribution in [0.15, 0.2) is 18.2 Å². The van der Waals surface area contributed by atoms with Crippen LogP contribution in [-0.4, -0.2) is 68.0 Å². The fourth-order valence-electron chi connectivity index (χ4n) is 2.38. The van der Waals surface area contributed by atoms with Gasteiger partial charge in [0.05, 0.1) is 17.7 Å². The summed E-state index contributed by atoms with van der Waals surface area (Å²) in [4.78, 5) is 13.7. The summed E-state index contributed by atoms with van der Waals surface area (Å²) in [5.74, 6) is -1.29. The van der Waals surface area contributed by atoms with Gasteiger partial charge in [-0.2, -0.15) is 17.4 Å². The first-order valence-electron chi connectivity index (χ1n) is 7.24. The first-order valence-corrected chi connectivity index (χ1v) is 9.06. The number of amides is 1. The number of aliphatic hydroxyl groups excluding tert-OH is 1. The summed E-state index contributed by atoms with van der Waals surface area (Å²) in [6, 6.07) is 2.95. The SMILES string of the molecule is CN(C)S(=O)(=O)N[C@@H]1CCN(C(=O)c2cc(Cl)ccc2F)C[C@H]1O. The lowest BCUT2D eigenvalue weighted by Gasteiger charge is -2.36. The highest BCUT2D eigenvalue weighted by Crippen LogP contribution is 2.20. The predicted octanol–water partition coefficient (Wildman–Crippen LogP) is 0.451. The molecule has 1 saturated heterocycles. The van der Waals surface area contributed by atoms with Crippen molar-refractivity contribution in [2.75, 3.05) is 27.2 Å². The van der Waals surface area contributed by atoms with Gasteiger partial charge < -0.3 is 10.0 Å². The highest BCUT2D eigenvalue weighted by atomic mass is 35.5. The average molecular weight is 380 g/mol. The fourth-order valence-corrected chi connectivity index (χ4v) is 3.42. The molecule has 1 aromatic carbocycles. The van der Waals surface area contributed by atoms with Crippen LogP contribution in [0.4, 0.5) is 4.39 Å². The predicted molar refractivity (Wildman–Crippen MR) is 87.5 cm³/mol. The molecule has 7 nitrogen and oxygen atoms in total. The minimum Gasteiger partial charge on any atom is -0.390 e. The number of halogens is 2. The van der Waals surface area contributed by atoms with Crippen LogP contribution in [0, 0.1) is 5.82 Å². The summed E-state index contributed by atoms with van der Waals surface area (Å²) >= 11 is 5.79. The van der Waals surface area contributed by atoms with Gasteiger partial charge in [-0.1, -0.05) is 11.6 Å². The Labute approximate surface area is 145 Å². The van der Waals surface area contributed by atoms with Gasteiger partial charge in [-0.3, -0.25) is 4.79 Å². The molecule has 0 unspecified atom stereocenters. The second-order valence-corrected chi connectivity index (χ2v) is 8.10. The van der Waals surface area contributed by atoms with E-state index in [1.807, 2.05) is 0 Å². The first kappa shape index (κ1) is 19.1. The normalized spacial score (nSPS) is 22.0. The number of nitrogens with one attached hydrogen (secondary N) is 1. The molecule has 24 heavy (non-hydrogen) atoms. The van der Waals surface area contributed by atoms with Gasteiger partial charge in [0, 0.05) is 32.2 Å². The number of hydrogen-bond acceptors (Lipinski definition) is 4. The van der Waals surface area contributed by atoms with E-state index in [0.29, 0.717) is 0 Å². The van der Waals surface area contributed by atoms with Crippen molar-refractivity contribution in [3.05, 3.63) is 34.6 Å². The van der Waals surface area contributed by atoms with Gasteiger partial charge >= 0.3 is 0 Å². The number of piperidine rings is 1. The average Bonchev–Trinajstić information content (AvgIpc) is 2.50. The molecular weight excluding hydrogens is 361 g/mol. The van der Waals surface area contributed by atoms with Gasteiger partial charge in [-0.15, -0.1) is 0 Å². The maximum Gasteiger partial charge on any atom is 0.279 e. The maximum absolute atomic E-state index is 13.8. The summed E-state index contributed by atoms with van der Waals surface area (Å²) in [6.45, 7) is 0.0772. The molecule has 1 fully saturated rings. The third-order valence-corrected chi connectivity index (χ3v) is 5.61. The van der Waals surface area contributed by atoms with Crippen molar-refractivity contribution in [1.82, 2.24) is 13.9 Å². The Morgan fingerprint density at radius 2 is 2.12 bits per heavy atom. The number of rotatable bonds is 4. The summed E-state index contributed by atoms with van der Waals surface area (Å²) < 4.78 is 40.8. The van der Waals surface area contributed by atoms with Crippen molar-refractivity contribution in [2.24, 2.45) is 0 Å². The zero-order valence-corrected chi connectivity index (χ0v) is 14.8. The van der Waals surface area contributed by atoms with Crippen LogP contribution in [0.25, 0.3) is 0 Å². The van der Waals surface area contributed by atoms with Gasteiger partial charge in [0.1, 0.15) is 5.82 Å². The van der Waals surface area contributed by atoms with Crippen molar-refractivity contribution in [3.8, 4) is 0 Å². The minimum atomic E-state index is -3.69. The molecule has 0 aromatic heterocycles. The summed E-state index contributed by atoms with van der Waals surface area (Å²) in [5.41, 5.74) is -0.179. The van der Waals surface area contributed by atoms with Crippen molar-refractivity contribution in [3.63, 3.8) is 0 Å². The molecular formula is C14H19ClFN3O4S. The molecule has 1 amide bonds. The zero-order valence-electron chi connectivity index (χ0n) is 13.2. The molecule has 134 valence electrons. The van der Waals surface area contributed by atoms with E-state index >= 15 is 0 Å². The molecule has 1 aliphatic rings. The highest BCUT2D eigenvalue weighted by molar-refractivity contribution is 7.87. The third-order valence-electron chi connectivity index (χ3n) is 3.81. The van der Waals surface area contributed by atoms with Gasteiger partial charge in [0.2, 0.25) is 0 Å². The van der Waals surface area contributed by atoms with Crippen LogP contribution >= 0.6 is 11.6 Å². The Hall–Kier alpha value is -1.26. The van der Waals surface area contributed by atoms with Crippen molar-refractivity contribution in [2.45, 2.75) is 18.6 Å². The Balaban J connectivity index is 2.08. The molecule has 1 heterocycles. The molecule has 1 aromatic rings. The van der Waals surface area contributed by atoms with Crippen LogP contribution in [-0.2, 0) is 10.2 Å². The zero-order chi connectivity index (χ0) is 18.1. The molecule has 0 saturated carbocycles. The lowest BCUT2D eigenvalue weighted by Crippen LogP contribution is -2.56. The first-order chi connectivity index (χ1) is 11.1. The Kier molecular flexibility index (Phi) is 5.82. The number of nitrogens with zero attached hydrogens (tertiary/aromatic N) is 2. The number of carbonyl (C=O) groups excluding carboxylic acids is 1. The van der Waals surface area contributed by atoms with Crippen molar-refractivity contribution < 1.29 is 22.7 Å². The molecule has 2 N–H and O–H groups in total. The smallest absolute Gasteiger partial charge is 0.279 e. The van der Waals surface area contributed by atoms with E-state index in [0.717, 1.165) is 10.4 Å². The molecule has 0 radical (unpaired) electrons. The Morgan fingerprint density at radius 3 is 2.71 bits per heavy atom. The highest BCUT2D eigenvalue weighted by Gasteiger charge is 2.34.